The summed E-state index contributed by atoms with van der Waals surface area (Å²) in [6, 6.07) is 0.472. The fourth-order valence-electron chi connectivity index (χ4n) is 0.960. The van der Waals surface area contributed by atoms with Crippen LogP contribution in [0.25, 0.3) is 0 Å². The second-order valence-electron chi connectivity index (χ2n) is 4.03. The minimum absolute atomic E-state index is 0.131. The average molecular weight is 159 g/mol. The number of hydrogen-bond acceptors (Lipinski definition) is 2. The molecule has 0 aliphatic carbocycles. The van der Waals surface area contributed by atoms with Crippen LogP contribution in [0.3, 0.4) is 0 Å². The first-order valence-electron chi connectivity index (χ1n) is 4.21. The SMILES string of the molecule is CC(C)N(C)C(C)(C)C(C)O. The van der Waals surface area contributed by atoms with Crippen LogP contribution < -0.4 is 0 Å². The average Bonchev–Trinajstić information content (AvgIpc) is 1.85. The van der Waals surface area contributed by atoms with Crippen LogP contribution in [0.4, 0.5) is 0 Å². The molecule has 2 heteroatoms. The molecule has 0 aromatic rings. The fraction of sp³-hybridized carbons (Fsp3) is 1.00. The lowest BCUT2D eigenvalue weighted by Crippen LogP contribution is -2.52. The van der Waals surface area contributed by atoms with Gasteiger partial charge in [-0.15, -0.1) is 0 Å². The molecule has 0 fully saturated rings. The molecule has 1 N–H and O–H groups in total. The molecule has 11 heavy (non-hydrogen) atoms. The van der Waals surface area contributed by atoms with Crippen LogP contribution in [0.1, 0.15) is 34.6 Å². The molecule has 0 amide bonds. The molecule has 0 saturated heterocycles. The Balaban J connectivity index is 4.29. The molecule has 2 nitrogen and oxygen atoms in total. The van der Waals surface area contributed by atoms with Crippen molar-refractivity contribution >= 4 is 0 Å². The lowest BCUT2D eigenvalue weighted by molar-refractivity contribution is -0.000213. The smallest absolute Gasteiger partial charge is 0.0690 e. The van der Waals surface area contributed by atoms with Gasteiger partial charge in [0.1, 0.15) is 0 Å². The van der Waals surface area contributed by atoms with Crippen LogP contribution in [-0.2, 0) is 0 Å². The highest BCUT2D eigenvalue weighted by Crippen LogP contribution is 2.19. The third kappa shape index (κ3) is 2.46. The Morgan fingerprint density at radius 3 is 1.64 bits per heavy atom. The van der Waals surface area contributed by atoms with E-state index in [1.54, 1.807) is 0 Å². The third-order valence-electron chi connectivity index (χ3n) is 2.71. The van der Waals surface area contributed by atoms with Gasteiger partial charge in [-0.1, -0.05) is 0 Å². The molecule has 0 aromatic heterocycles. The molecule has 0 aliphatic heterocycles. The van der Waals surface area contributed by atoms with Gasteiger partial charge in [-0.05, 0) is 41.7 Å². The quantitative estimate of drug-likeness (QED) is 0.674. The van der Waals surface area contributed by atoms with Crippen molar-refractivity contribution in [1.82, 2.24) is 4.90 Å². The lowest BCUT2D eigenvalue weighted by Gasteiger charge is -2.40. The Morgan fingerprint density at radius 2 is 1.55 bits per heavy atom. The maximum atomic E-state index is 9.46. The van der Waals surface area contributed by atoms with Gasteiger partial charge < -0.3 is 5.11 Å². The molecule has 0 bridgehead atoms. The number of likely N-dealkylation sites (N-methyl/N-ethyl adjacent to an activating group) is 1. The summed E-state index contributed by atoms with van der Waals surface area (Å²) < 4.78 is 0. The molecule has 0 aromatic carbocycles. The van der Waals surface area contributed by atoms with Gasteiger partial charge in [0.15, 0.2) is 0 Å². The number of nitrogens with zero attached hydrogens (tertiary/aromatic N) is 1. The first-order valence-corrected chi connectivity index (χ1v) is 4.21. The summed E-state index contributed by atoms with van der Waals surface area (Å²) in [4.78, 5) is 2.18. The monoisotopic (exact) mass is 159 g/mol. The van der Waals surface area contributed by atoms with Gasteiger partial charge in [-0.2, -0.15) is 0 Å². The van der Waals surface area contributed by atoms with Crippen LogP contribution in [0.2, 0.25) is 0 Å². The Kier molecular flexibility index (Phi) is 3.52. The van der Waals surface area contributed by atoms with Gasteiger partial charge in [-0.25, -0.2) is 0 Å². The Labute approximate surface area is 70.2 Å². The summed E-state index contributed by atoms with van der Waals surface area (Å²) >= 11 is 0. The molecule has 0 aliphatic rings. The largest absolute Gasteiger partial charge is 0.392 e. The summed E-state index contributed by atoms with van der Waals surface area (Å²) in [5.41, 5.74) is -0.131. The van der Waals surface area contributed by atoms with Crippen molar-refractivity contribution in [1.29, 1.82) is 0 Å². The minimum Gasteiger partial charge on any atom is -0.392 e. The predicted octanol–water partition coefficient (Wildman–Crippen LogP) is 1.49. The highest BCUT2D eigenvalue weighted by Gasteiger charge is 2.30. The van der Waals surface area contributed by atoms with Gasteiger partial charge in [0.2, 0.25) is 0 Å². The molecule has 0 heterocycles. The second kappa shape index (κ2) is 3.55. The van der Waals surface area contributed by atoms with Crippen molar-refractivity contribution < 1.29 is 5.11 Å². The molecule has 0 rings (SSSR count). The molecule has 1 atom stereocenters. The van der Waals surface area contributed by atoms with E-state index < -0.39 is 0 Å². The van der Waals surface area contributed by atoms with Crippen molar-refractivity contribution in [2.24, 2.45) is 0 Å². The summed E-state index contributed by atoms with van der Waals surface area (Å²) in [6.45, 7) is 10.2. The zero-order chi connectivity index (χ0) is 9.23. The summed E-state index contributed by atoms with van der Waals surface area (Å²) in [6.07, 6.45) is -0.296. The molecule has 0 saturated carbocycles. The summed E-state index contributed by atoms with van der Waals surface area (Å²) in [7, 11) is 2.04. The van der Waals surface area contributed by atoms with E-state index in [0.29, 0.717) is 6.04 Å². The van der Waals surface area contributed by atoms with E-state index in [-0.39, 0.29) is 11.6 Å². The Morgan fingerprint density at radius 1 is 1.18 bits per heavy atom. The molecular weight excluding hydrogens is 138 g/mol. The van der Waals surface area contributed by atoms with E-state index in [0.717, 1.165) is 0 Å². The number of aliphatic hydroxyl groups excluding tert-OH is 1. The van der Waals surface area contributed by atoms with Crippen molar-refractivity contribution in [3.8, 4) is 0 Å². The lowest BCUT2D eigenvalue weighted by atomic mass is 9.95. The van der Waals surface area contributed by atoms with Gasteiger partial charge >= 0.3 is 0 Å². The van der Waals surface area contributed by atoms with Gasteiger partial charge in [0, 0.05) is 11.6 Å². The molecule has 68 valence electrons. The standard InChI is InChI=1S/C9H21NO/c1-7(2)10(6)9(4,5)8(3)11/h7-8,11H,1-6H3. The molecular formula is C9H21NO. The Hall–Kier alpha value is -0.0800. The number of rotatable bonds is 3. The first-order chi connectivity index (χ1) is 4.80. The minimum atomic E-state index is -0.296. The van der Waals surface area contributed by atoms with Crippen molar-refractivity contribution in [3.63, 3.8) is 0 Å². The van der Waals surface area contributed by atoms with Crippen LogP contribution in [0, 0.1) is 0 Å². The van der Waals surface area contributed by atoms with Crippen LogP contribution in [0.5, 0.6) is 0 Å². The van der Waals surface area contributed by atoms with E-state index in [4.69, 9.17) is 0 Å². The molecule has 0 spiro atoms. The maximum absolute atomic E-state index is 9.46. The highest BCUT2D eigenvalue weighted by molar-refractivity contribution is 4.85. The first kappa shape index (κ1) is 10.9. The number of aliphatic hydroxyl groups is 1. The highest BCUT2D eigenvalue weighted by atomic mass is 16.3. The van der Waals surface area contributed by atoms with Crippen LogP contribution in [0.15, 0.2) is 0 Å². The predicted molar refractivity (Wildman–Crippen MR) is 48.7 cm³/mol. The summed E-state index contributed by atoms with van der Waals surface area (Å²) in [5.74, 6) is 0. The molecule has 0 radical (unpaired) electrons. The van der Waals surface area contributed by atoms with Crippen LogP contribution in [-0.4, -0.2) is 34.7 Å². The summed E-state index contributed by atoms with van der Waals surface area (Å²) in [5, 5.41) is 9.46. The van der Waals surface area contributed by atoms with E-state index in [1.807, 2.05) is 14.0 Å². The number of hydrogen-bond donors (Lipinski definition) is 1. The molecule has 1 unspecified atom stereocenters. The second-order valence-corrected chi connectivity index (χ2v) is 4.03. The van der Waals surface area contributed by atoms with Crippen LogP contribution >= 0.6 is 0 Å². The zero-order valence-corrected chi connectivity index (χ0v) is 8.55. The van der Waals surface area contributed by atoms with E-state index >= 15 is 0 Å². The van der Waals surface area contributed by atoms with Crippen molar-refractivity contribution in [2.45, 2.75) is 52.3 Å². The van der Waals surface area contributed by atoms with E-state index in [2.05, 4.69) is 32.6 Å². The third-order valence-corrected chi connectivity index (χ3v) is 2.71. The Bertz CT molecular complexity index is 119. The van der Waals surface area contributed by atoms with Gasteiger partial charge in [-0.3, -0.25) is 4.90 Å². The fourth-order valence-corrected chi connectivity index (χ4v) is 0.960. The zero-order valence-electron chi connectivity index (χ0n) is 8.55. The van der Waals surface area contributed by atoms with Gasteiger partial charge in [0.05, 0.1) is 6.10 Å². The van der Waals surface area contributed by atoms with Crippen molar-refractivity contribution in [2.75, 3.05) is 7.05 Å². The van der Waals surface area contributed by atoms with E-state index in [9.17, 15) is 5.11 Å². The normalized spacial score (nSPS) is 16.1. The van der Waals surface area contributed by atoms with E-state index in [1.165, 1.54) is 0 Å². The maximum Gasteiger partial charge on any atom is 0.0690 e. The topological polar surface area (TPSA) is 23.5 Å². The van der Waals surface area contributed by atoms with Gasteiger partial charge in [0.25, 0.3) is 0 Å². The van der Waals surface area contributed by atoms with Crippen molar-refractivity contribution in [3.05, 3.63) is 0 Å².